The Balaban J connectivity index is 0.000000791. The molecular formula is C22H32N2O2. The number of aliphatic hydroxyl groups excluding tert-OH is 1. The number of aliphatic hydroxyl groups is 1. The molecule has 26 heavy (non-hydrogen) atoms. The molecule has 0 saturated carbocycles. The Labute approximate surface area is 157 Å². The van der Waals surface area contributed by atoms with Gasteiger partial charge in [0, 0.05) is 31.7 Å². The molecule has 1 aliphatic rings. The van der Waals surface area contributed by atoms with Gasteiger partial charge in [0.25, 0.3) is 5.91 Å². The molecule has 1 atom stereocenters. The van der Waals surface area contributed by atoms with Gasteiger partial charge >= 0.3 is 0 Å². The van der Waals surface area contributed by atoms with Crippen LogP contribution in [0.1, 0.15) is 49.2 Å². The van der Waals surface area contributed by atoms with Gasteiger partial charge in [0.15, 0.2) is 0 Å². The van der Waals surface area contributed by atoms with Gasteiger partial charge in [-0.1, -0.05) is 70.2 Å². The van der Waals surface area contributed by atoms with Gasteiger partial charge in [-0.3, -0.25) is 9.69 Å². The van der Waals surface area contributed by atoms with Crippen molar-refractivity contribution in [3.63, 3.8) is 0 Å². The summed E-state index contributed by atoms with van der Waals surface area (Å²) in [5.74, 6) is -0.149. The molecule has 0 bridgehead atoms. The molecule has 1 unspecified atom stereocenters. The standard InChI is InChI=1S/C18H20N2O2.2C2H6/c21-17(10-19-18(22)14-6-2-1-3-7-14)13-20-11-15-8-4-5-9-16(15)12-20;2*1-2/h1-9,17,21H,10-13H2,(H,19,22);2*1-2H3. The number of benzene rings is 2. The van der Waals surface area contributed by atoms with Gasteiger partial charge in [-0.2, -0.15) is 0 Å². The van der Waals surface area contributed by atoms with E-state index in [9.17, 15) is 9.90 Å². The maximum absolute atomic E-state index is 11.9. The van der Waals surface area contributed by atoms with Crippen LogP contribution in [-0.4, -0.2) is 35.1 Å². The lowest BCUT2D eigenvalue weighted by Gasteiger charge is -2.19. The number of carbonyl (C=O) groups is 1. The van der Waals surface area contributed by atoms with E-state index >= 15 is 0 Å². The average Bonchev–Trinajstić information content (AvgIpc) is 3.12. The van der Waals surface area contributed by atoms with Crippen molar-refractivity contribution in [3.05, 3.63) is 71.3 Å². The molecular weight excluding hydrogens is 324 g/mol. The van der Waals surface area contributed by atoms with Crippen molar-refractivity contribution in [3.8, 4) is 0 Å². The SMILES string of the molecule is CC.CC.O=C(NCC(O)CN1Cc2ccccc2C1)c1ccccc1. The van der Waals surface area contributed by atoms with E-state index in [1.165, 1.54) is 11.1 Å². The zero-order valence-corrected chi connectivity index (χ0v) is 16.4. The van der Waals surface area contributed by atoms with Crippen molar-refractivity contribution in [1.82, 2.24) is 10.2 Å². The molecule has 2 aromatic rings. The number of hydrogen-bond acceptors (Lipinski definition) is 3. The average molecular weight is 357 g/mol. The number of β-amino-alcohol motifs (C(OH)–C–C–N with tert-alkyl or cyclic N) is 1. The van der Waals surface area contributed by atoms with Gasteiger partial charge in [0.1, 0.15) is 0 Å². The number of carbonyl (C=O) groups excluding carboxylic acids is 1. The lowest BCUT2D eigenvalue weighted by atomic mass is 10.1. The van der Waals surface area contributed by atoms with Crippen molar-refractivity contribution in [2.24, 2.45) is 0 Å². The van der Waals surface area contributed by atoms with Gasteiger partial charge in [-0.25, -0.2) is 0 Å². The number of amides is 1. The highest BCUT2D eigenvalue weighted by Gasteiger charge is 2.20. The number of fused-ring (bicyclic) bond motifs is 1. The van der Waals surface area contributed by atoms with E-state index in [1.807, 2.05) is 58.0 Å². The van der Waals surface area contributed by atoms with Crippen molar-refractivity contribution in [2.45, 2.75) is 46.9 Å². The van der Waals surface area contributed by atoms with E-state index in [4.69, 9.17) is 0 Å². The molecule has 0 aliphatic carbocycles. The number of nitrogens with zero attached hydrogens (tertiary/aromatic N) is 1. The van der Waals surface area contributed by atoms with Crippen LogP contribution in [0, 0.1) is 0 Å². The molecule has 1 aliphatic heterocycles. The van der Waals surface area contributed by atoms with Gasteiger partial charge in [0.2, 0.25) is 0 Å². The fraction of sp³-hybridized carbons (Fsp3) is 0.409. The summed E-state index contributed by atoms with van der Waals surface area (Å²) in [6.07, 6.45) is -0.568. The zero-order chi connectivity index (χ0) is 19.4. The van der Waals surface area contributed by atoms with Crippen LogP contribution in [0.2, 0.25) is 0 Å². The number of hydrogen-bond donors (Lipinski definition) is 2. The largest absolute Gasteiger partial charge is 0.390 e. The minimum absolute atomic E-state index is 0.149. The molecule has 0 aromatic heterocycles. The molecule has 0 spiro atoms. The number of rotatable bonds is 5. The Kier molecular flexibility index (Phi) is 10.3. The Hall–Kier alpha value is -2.17. The molecule has 2 N–H and O–H groups in total. The van der Waals surface area contributed by atoms with Gasteiger partial charge in [-0.15, -0.1) is 0 Å². The van der Waals surface area contributed by atoms with E-state index in [1.54, 1.807) is 12.1 Å². The summed E-state index contributed by atoms with van der Waals surface area (Å²) in [5.41, 5.74) is 3.26. The molecule has 4 nitrogen and oxygen atoms in total. The second-order valence-corrected chi connectivity index (χ2v) is 5.67. The van der Waals surface area contributed by atoms with Crippen LogP contribution < -0.4 is 5.32 Å². The van der Waals surface area contributed by atoms with Gasteiger partial charge in [-0.05, 0) is 23.3 Å². The third kappa shape index (κ3) is 6.62. The normalized spacial score (nSPS) is 13.4. The first-order chi connectivity index (χ1) is 12.7. The highest BCUT2D eigenvalue weighted by molar-refractivity contribution is 5.94. The van der Waals surface area contributed by atoms with E-state index in [0.717, 1.165) is 13.1 Å². The first-order valence-corrected chi connectivity index (χ1v) is 9.53. The quantitative estimate of drug-likeness (QED) is 0.856. The molecule has 142 valence electrons. The minimum Gasteiger partial charge on any atom is -0.390 e. The fourth-order valence-corrected chi connectivity index (χ4v) is 2.80. The maximum atomic E-state index is 11.9. The minimum atomic E-state index is -0.568. The molecule has 3 rings (SSSR count). The van der Waals surface area contributed by atoms with Crippen molar-refractivity contribution in [1.29, 1.82) is 0 Å². The highest BCUT2D eigenvalue weighted by Crippen LogP contribution is 2.21. The molecule has 0 radical (unpaired) electrons. The van der Waals surface area contributed by atoms with Gasteiger partial charge < -0.3 is 10.4 Å². The molecule has 0 saturated heterocycles. The Morgan fingerprint density at radius 2 is 1.46 bits per heavy atom. The smallest absolute Gasteiger partial charge is 0.251 e. The Morgan fingerprint density at radius 3 is 2.00 bits per heavy atom. The van der Waals surface area contributed by atoms with E-state index in [0.29, 0.717) is 12.1 Å². The summed E-state index contributed by atoms with van der Waals surface area (Å²) >= 11 is 0. The maximum Gasteiger partial charge on any atom is 0.251 e. The third-order valence-corrected chi connectivity index (χ3v) is 3.91. The Bertz CT molecular complexity index is 619. The second kappa shape index (κ2) is 12.2. The first-order valence-electron chi connectivity index (χ1n) is 9.53. The van der Waals surface area contributed by atoms with Crippen LogP contribution in [-0.2, 0) is 13.1 Å². The molecule has 0 fully saturated rings. The molecule has 1 amide bonds. The second-order valence-electron chi connectivity index (χ2n) is 5.67. The van der Waals surface area contributed by atoms with Crippen LogP contribution in [0.25, 0.3) is 0 Å². The van der Waals surface area contributed by atoms with Crippen LogP contribution in [0.5, 0.6) is 0 Å². The van der Waals surface area contributed by atoms with Crippen LogP contribution in [0.3, 0.4) is 0 Å². The van der Waals surface area contributed by atoms with Crippen molar-refractivity contribution in [2.75, 3.05) is 13.1 Å². The van der Waals surface area contributed by atoms with Crippen molar-refractivity contribution < 1.29 is 9.90 Å². The zero-order valence-electron chi connectivity index (χ0n) is 16.4. The van der Waals surface area contributed by atoms with Crippen LogP contribution in [0.4, 0.5) is 0 Å². The van der Waals surface area contributed by atoms with E-state index < -0.39 is 6.10 Å². The monoisotopic (exact) mass is 356 g/mol. The summed E-state index contributed by atoms with van der Waals surface area (Å²) in [6.45, 7) is 10.5. The van der Waals surface area contributed by atoms with Crippen LogP contribution >= 0.6 is 0 Å². The predicted octanol–water partition coefficient (Wildman–Crippen LogP) is 3.85. The fourth-order valence-electron chi connectivity index (χ4n) is 2.80. The molecule has 2 aromatic carbocycles. The summed E-state index contributed by atoms with van der Waals surface area (Å²) in [4.78, 5) is 14.1. The topological polar surface area (TPSA) is 52.6 Å². The first kappa shape index (κ1) is 21.9. The summed E-state index contributed by atoms with van der Waals surface area (Å²) < 4.78 is 0. The summed E-state index contributed by atoms with van der Waals surface area (Å²) in [6, 6.07) is 17.4. The van der Waals surface area contributed by atoms with Crippen molar-refractivity contribution >= 4 is 5.91 Å². The van der Waals surface area contributed by atoms with Crippen LogP contribution in [0.15, 0.2) is 54.6 Å². The molecule has 4 heteroatoms. The van der Waals surface area contributed by atoms with E-state index in [2.05, 4.69) is 22.3 Å². The van der Waals surface area contributed by atoms with E-state index in [-0.39, 0.29) is 12.5 Å². The van der Waals surface area contributed by atoms with Gasteiger partial charge in [0.05, 0.1) is 6.10 Å². The lowest BCUT2D eigenvalue weighted by molar-refractivity contribution is 0.0856. The Morgan fingerprint density at radius 1 is 0.962 bits per heavy atom. The molecule has 1 heterocycles. The predicted molar refractivity (Wildman–Crippen MR) is 108 cm³/mol. The highest BCUT2D eigenvalue weighted by atomic mass is 16.3. The number of nitrogens with one attached hydrogen (secondary N) is 1. The lowest BCUT2D eigenvalue weighted by Crippen LogP contribution is -2.38. The summed E-state index contributed by atoms with van der Waals surface area (Å²) in [7, 11) is 0. The summed E-state index contributed by atoms with van der Waals surface area (Å²) in [5, 5.41) is 12.9. The third-order valence-electron chi connectivity index (χ3n) is 3.91.